The summed E-state index contributed by atoms with van der Waals surface area (Å²) in [7, 11) is 0. The van der Waals surface area contributed by atoms with E-state index in [1.54, 1.807) is 0 Å². The van der Waals surface area contributed by atoms with Crippen molar-refractivity contribution in [2.24, 2.45) is 11.8 Å². The Kier molecular flexibility index (Phi) is 7.48. The monoisotopic (exact) mass is 297 g/mol. The van der Waals surface area contributed by atoms with Gasteiger partial charge in [0.1, 0.15) is 0 Å². The van der Waals surface area contributed by atoms with Crippen LogP contribution in [0.4, 0.5) is 0 Å². The second kappa shape index (κ2) is 9.12. The summed E-state index contributed by atoms with van der Waals surface area (Å²) >= 11 is 0. The maximum atomic E-state index is 10.1. The summed E-state index contributed by atoms with van der Waals surface area (Å²) in [6.45, 7) is 5.75. The van der Waals surface area contributed by atoms with Crippen LogP contribution in [0.3, 0.4) is 0 Å². The van der Waals surface area contributed by atoms with E-state index in [0.717, 1.165) is 11.8 Å². The summed E-state index contributed by atoms with van der Waals surface area (Å²) in [5.74, 6) is 1.65. The van der Waals surface area contributed by atoms with Crippen LogP contribution in [0.1, 0.15) is 71.6 Å². The van der Waals surface area contributed by atoms with Crippen molar-refractivity contribution in [2.45, 2.75) is 89.9 Å². The summed E-state index contributed by atoms with van der Waals surface area (Å²) < 4.78 is 5.88. The van der Waals surface area contributed by atoms with Crippen molar-refractivity contribution in [2.75, 3.05) is 13.2 Å². The van der Waals surface area contributed by atoms with Crippen LogP contribution >= 0.6 is 0 Å². The average Bonchev–Trinajstić information content (AvgIpc) is 2.53. The quantitative estimate of drug-likeness (QED) is 0.755. The van der Waals surface area contributed by atoms with Gasteiger partial charge in [0.15, 0.2) is 0 Å². The molecular formula is C18H35NO2. The molecule has 2 rings (SSSR count). The third-order valence-electron chi connectivity index (χ3n) is 5.52. The van der Waals surface area contributed by atoms with Crippen LogP contribution in [0, 0.1) is 11.8 Å². The lowest BCUT2D eigenvalue weighted by Crippen LogP contribution is -2.41. The van der Waals surface area contributed by atoms with Gasteiger partial charge in [-0.05, 0) is 57.3 Å². The van der Waals surface area contributed by atoms with E-state index in [4.69, 9.17) is 4.74 Å². The lowest BCUT2D eigenvalue weighted by atomic mass is 9.84. The molecule has 0 aromatic carbocycles. The Bertz CT molecular complexity index is 270. The van der Waals surface area contributed by atoms with Crippen LogP contribution in [0.5, 0.6) is 0 Å². The highest BCUT2D eigenvalue weighted by Gasteiger charge is 2.22. The van der Waals surface area contributed by atoms with Gasteiger partial charge >= 0.3 is 0 Å². The van der Waals surface area contributed by atoms with Crippen LogP contribution in [0.15, 0.2) is 0 Å². The van der Waals surface area contributed by atoms with Crippen LogP contribution in [0.25, 0.3) is 0 Å². The first-order valence-corrected chi connectivity index (χ1v) is 9.18. The van der Waals surface area contributed by atoms with Crippen molar-refractivity contribution in [1.82, 2.24) is 5.32 Å². The van der Waals surface area contributed by atoms with E-state index >= 15 is 0 Å². The third-order valence-corrected chi connectivity index (χ3v) is 5.52. The van der Waals surface area contributed by atoms with Gasteiger partial charge in [0, 0.05) is 12.6 Å². The van der Waals surface area contributed by atoms with E-state index in [2.05, 4.69) is 19.2 Å². The molecule has 2 saturated carbocycles. The molecule has 0 amide bonds. The first kappa shape index (κ1) is 17.2. The van der Waals surface area contributed by atoms with Crippen LogP contribution in [-0.4, -0.2) is 36.5 Å². The molecule has 2 fully saturated rings. The number of aliphatic hydroxyl groups excluding tert-OH is 1. The maximum absolute atomic E-state index is 10.1. The molecule has 0 aliphatic heterocycles. The molecule has 0 bridgehead atoms. The zero-order chi connectivity index (χ0) is 15.1. The first-order valence-electron chi connectivity index (χ1n) is 9.18. The Balaban J connectivity index is 1.55. The molecule has 124 valence electrons. The van der Waals surface area contributed by atoms with E-state index in [1.807, 2.05) is 0 Å². The van der Waals surface area contributed by atoms with Gasteiger partial charge in [0.05, 0.1) is 18.8 Å². The molecule has 0 saturated heterocycles. The molecule has 2 atom stereocenters. The number of hydrogen-bond donors (Lipinski definition) is 2. The molecule has 21 heavy (non-hydrogen) atoms. The molecule has 1 unspecified atom stereocenters. The number of aliphatic hydroxyl groups is 1. The number of ether oxygens (including phenoxy) is 1. The molecule has 0 aromatic rings. The lowest BCUT2D eigenvalue weighted by molar-refractivity contribution is -0.0287. The third kappa shape index (κ3) is 6.25. The summed E-state index contributed by atoms with van der Waals surface area (Å²) in [5.41, 5.74) is 0. The normalized spacial score (nSPS) is 31.0. The van der Waals surface area contributed by atoms with Gasteiger partial charge in [-0.1, -0.05) is 26.2 Å². The van der Waals surface area contributed by atoms with Crippen molar-refractivity contribution < 1.29 is 9.84 Å². The fourth-order valence-electron chi connectivity index (χ4n) is 3.83. The van der Waals surface area contributed by atoms with Crippen molar-refractivity contribution >= 4 is 0 Å². The van der Waals surface area contributed by atoms with Gasteiger partial charge in [-0.2, -0.15) is 0 Å². The zero-order valence-electron chi connectivity index (χ0n) is 14.0. The van der Waals surface area contributed by atoms with E-state index in [-0.39, 0.29) is 6.10 Å². The van der Waals surface area contributed by atoms with E-state index in [1.165, 1.54) is 57.8 Å². The van der Waals surface area contributed by atoms with Crippen LogP contribution in [0.2, 0.25) is 0 Å². The second-order valence-corrected chi connectivity index (χ2v) is 7.46. The van der Waals surface area contributed by atoms with Gasteiger partial charge < -0.3 is 15.2 Å². The van der Waals surface area contributed by atoms with Gasteiger partial charge in [0.2, 0.25) is 0 Å². The largest absolute Gasteiger partial charge is 0.389 e. The molecule has 3 nitrogen and oxygen atoms in total. The molecule has 0 aromatic heterocycles. The molecule has 2 aliphatic carbocycles. The average molecular weight is 297 g/mol. The SMILES string of the molecule is CC1CCC(OCC(O)CN[C@@H](C)C2CCCCC2)CC1. The summed E-state index contributed by atoms with van der Waals surface area (Å²) in [6.07, 6.45) is 11.8. The lowest BCUT2D eigenvalue weighted by Gasteiger charge is -2.30. The maximum Gasteiger partial charge on any atom is 0.0897 e. The molecular weight excluding hydrogens is 262 g/mol. The Morgan fingerprint density at radius 1 is 1.05 bits per heavy atom. The van der Waals surface area contributed by atoms with Gasteiger partial charge in [0.25, 0.3) is 0 Å². The smallest absolute Gasteiger partial charge is 0.0897 e. The van der Waals surface area contributed by atoms with E-state index in [9.17, 15) is 5.11 Å². The Morgan fingerprint density at radius 2 is 1.71 bits per heavy atom. The van der Waals surface area contributed by atoms with Gasteiger partial charge in [-0.15, -0.1) is 0 Å². The van der Waals surface area contributed by atoms with E-state index in [0.29, 0.717) is 25.3 Å². The topological polar surface area (TPSA) is 41.5 Å². The van der Waals surface area contributed by atoms with Crippen molar-refractivity contribution in [3.63, 3.8) is 0 Å². The minimum atomic E-state index is -0.365. The number of hydrogen-bond acceptors (Lipinski definition) is 3. The van der Waals surface area contributed by atoms with Crippen molar-refractivity contribution in [3.8, 4) is 0 Å². The molecule has 0 radical (unpaired) electrons. The Hall–Kier alpha value is -0.120. The second-order valence-electron chi connectivity index (χ2n) is 7.46. The van der Waals surface area contributed by atoms with Crippen LogP contribution in [-0.2, 0) is 4.74 Å². The van der Waals surface area contributed by atoms with Gasteiger partial charge in [-0.25, -0.2) is 0 Å². The molecule has 2 N–H and O–H groups in total. The van der Waals surface area contributed by atoms with Crippen molar-refractivity contribution in [3.05, 3.63) is 0 Å². The van der Waals surface area contributed by atoms with Crippen molar-refractivity contribution in [1.29, 1.82) is 0 Å². The minimum absolute atomic E-state index is 0.365. The van der Waals surface area contributed by atoms with Crippen LogP contribution < -0.4 is 5.32 Å². The molecule has 3 heteroatoms. The predicted octanol–water partition coefficient (Wildman–Crippen LogP) is 3.50. The first-order chi connectivity index (χ1) is 10.1. The fraction of sp³-hybridized carbons (Fsp3) is 1.00. The fourth-order valence-corrected chi connectivity index (χ4v) is 3.83. The summed E-state index contributed by atoms with van der Waals surface area (Å²) in [6, 6.07) is 0.524. The predicted molar refractivity (Wildman–Crippen MR) is 87.4 cm³/mol. The Labute approximate surface area is 130 Å². The standard InChI is InChI=1S/C18H35NO2/c1-14-8-10-18(11-9-14)21-13-17(20)12-19-15(2)16-6-4-3-5-7-16/h14-20H,3-13H2,1-2H3/t14?,15-,17?,18?/m0/s1. The summed E-state index contributed by atoms with van der Waals surface area (Å²) in [5, 5.41) is 13.6. The molecule has 0 spiro atoms. The highest BCUT2D eigenvalue weighted by molar-refractivity contribution is 4.77. The number of nitrogens with one attached hydrogen (secondary N) is 1. The van der Waals surface area contributed by atoms with Gasteiger partial charge in [-0.3, -0.25) is 0 Å². The minimum Gasteiger partial charge on any atom is -0.389 e. The molecule has 2 aliphatic rings. The number of rotatable bonds is 7. The highest BCUT2D eigenvalue weighted by Crippen LogP contribution is 2.27. The van der Waals surface area contributed by atoms with E-state index < -0.39 is 0 Å². The molecule has 0 heterocycles. The summed E-state index contributed by atoms with van der Waals surface area (Å²) in [4.78, 5) is 0. The Morgan fingerprint density at radius 3 is 2.38 bits per heavy atom. The zero-order valence-corrected chi connectivity index (χ0v) is 14.0. The highest BCUT2D eigenvalue weighted by atomic mass is 16.5.